The van der Waals surface area contributed by atoms with E-state index < -0.39 is 9.84 Å². The first-order valence-corrected chi connectivity index (χ1v) is 53.1. The van der Waals surface area contributed by atoms with Crippen LogP contribution in [0.2, 0.25) is 5.02 Å². The Labute approximate surface area is 871 Å². The molecule has 760 valence electrons. The van der Waals surface area contributed by atoms with Gasteiger partial charge in [-0.05, 0) is 355 Å². The van der Waals surface area contributed by atoms with Crippen LogP contribution in [0.4, 0.5) is 22.7 Å². The zero-order chi connectivity index (χ0) is 104. The van der Waals surface area contributed by atoms with Gasteiger partial charge in [-0.15, -0.1) is 0 Å². The van der Waals surface area contributed by atoms with Crippen LogP contribution >= 0.6 is 11.6 Å². The van der Waals surface area contributed by atoms with Crippen molar-refractivity contribution in [3.05, 3.63) is 443 Å². The first-order chi connectivity index (χ1) is 71.6. The molecule has 20 rings (SSSR count). The summed E-state index contributed by atoms with van der Waals surface area (Å²) in [4.78, 5) is 53.9. The zero-order valence-electron chi connectivity index (χ0n) is 85.0. The summed E-state index contributed by atoms with van der Waals surface area (Å²) >= 11 is 6.58. The normalized spacial score (nSPS) is 14.0. The van der Waals surface area contributed by atoms with Gasteiger partial charge >= 0.3 is 0 Å². The van der Waals surface area contributed by atoms with Crippen LogP contribution in [0.1, 0.15) is 224 Å². The zero-order valence-corrected chi connectivity index (χ0v) is 86.6. The molecule has 0 spiro atoms. The van der Waals surface area contributed by atoms with E-state index in [1.54, 1.807) is 49.1 Å². The molecule has 26 nitrogen and oxygen atoms in total. The topological polar surface area (TPSA) is 374 Å². The first kappa shape index (κ1) is 105. The fraction of sp³-hybridized carbons (Fsp3) is 0.267. The second-order valence-electron chi connectivity index (χ2n) is 39.4. The van der Waals surface area contributed by atoms with Crippen molar-refractivity contribution in [2.24, 2.45) is 46.6 Å². The average Bonchev–Trinajstić information content (AvgIpc) is 1.19. The molecule has 4 aromatic heterocycles. The molecule has 4 fully saturated rings. The van der Waals surface area contributed by atoms with E-state index in [0.717, 1.165) is 150 Å². The molecule has 28 heteroatoms. The second-order valence-corrected chi connectivity index (χ2v) is 41.8. The molecular formula is C120H131ClN20O6S. The second kappa shape index (κ2) is 48.3. The largest absolute Gasteiger partial charge is 0.326 e. The van der Waals surface area contributed by atoms with Gasteiger partial charge < -0.3 is 65.5 Å². The van der Waals surface area contributed by atoms with Gasteiger partial charge in [0.05, 0.1) is 74.6 Å². The summed E-state index contributed by atoms with van der Waals surface area (Å²) in [6.45, 7) is 19.3. The Kier molecular flexibility index (Phi) is 34.1. The van der Waals surface area contributed by atoms with E-state index in [1.165, 1.54) is 85.4 Å². The van der Waals surface area contributed by atoms with E-state index in [4.69, 9.17) is 34.5 Å². The van der Waals surface area contributed by atoms with E-state index >= 15 is 0 Å². The number of nitrogens with zero attached hydrogens (tertiary/aromatic N) is 8. The number of hydrogen-bond acceptors (Lipinski definition) is 18. The number of amides is 4. The van der Waals surface area contributed by atoms with Gasteiger partial charge in [-0.3, -0.25) is 19.2 Å². The molecule has 4 saturated carbocycles. The lowest BCUT2D eigenvalue weighted by Crippen LogP contribution is -2.26. The van der Waals surface area contributed by atoms with Crippen molar-refractivity contribution in [3.8, 4) is 22.7 Å². The third kappa shape index (κ3) is 27.6. The van der Waals surface area contributed by atoms with Gasteiger partial charge in [-0.2, -0.15) is 20.4 Å². The number of carbonyl (C=O) groups excluding carboxylic acids is 4. The minimum Gasteiger partial charge on any atom is -0.326 e. The van der Waals surface area contributed by atoms with Crippen LogP contribution in [0.5, 0.6) is 0 Å². The van der Waals surface area contributed by atoms with Crippen LogP contribution in [0.15, 0.2) is 314 Å². The maximum atomic E-state index is 13.4. The molecular weight excluding hydrogens is 1880 g/mol. The highest BCUT2D eigenvalue weighted by atomic mass is 35.5. The monoisotopic (exact) mass is 2010 g/mol. The van der Waals surface area contributed by atoms with Gasteiger partial charge in [-0.1, -0.05) is 199 Å². The molecule has 4 aliphatic carbocycles. The Morgan fingerprint density at radius 2 is 0.601 bits per heavy atom. The van der Waals surface area contributed by atoms with Crippen LogP contribution in [0, 0.1) is 72.1 Å². The first-order valence-electron chi connectivity index (χ1n) is 50.9. The molecule has 4 heterocycles. The maximum Gasteiger partial charge on any atom is 0.274 e. The molecule has 0 bridgehead atoms. The van der Waals surface area contributed by atoms with Gasteiger partial charge in [0.15, 0.2) is 9.84 Å². The molecule has 16 N–H and O–H groups in total. The number of carbonyl (C=O) groups is 4. The van der Waals surface area contributed by atoms with Gasteiger partial charge in [-0.25, -0.2) is 27.1 Å². The molecule has 0 aliphatic heterocycles. The number of aromatic nitrogens is 8. The Hall–Kier alpha value is -14.7. The summed E-state index contributed by atoms with van der Waals surface area (Å²) < 4.78 is 31.9. The number of anilines is 4. The number of nitrogens with one attached hydrogen (secondary N) is 8. The lowest BCUT2D eigenvalue weighted by molar-refractivity contribution is 0.101. The average molecular weight is 2020 g/mol. The standard InChI is InChI=1S/C31H35N5O.C30H33N5O3S.C30H33N5O.C29H30ClN5O/c1-20-10-11-21(2)28(14-20)30(33-19-23-12-13-23)25-7-5-8-26(17-25)34-31(37)29-15-22(3)35-36(29)27-9-4-6-24(16-27)18-32;1-20-15-27(35(34-20)25-10-5-7-22(16-25)18-31)30(36)33-24-9-6-8-23(17-24)29(32-19-21-13-14-21)26-11-3-4-12-28(26)39(2,37)38;1-20-9-13-24(14-10-20)29(32-19-22-11-12-22)25-6-4-7-26(17-25)33-30(36)28-15-21(2)34-35(28)27-8-3-5-23(16-27)18-31;1-19-14-27(35(34-19)24-9-4-6-21(15-24)17-31)29(36)33-23-8-5-7-22(16-23)28(32-18-20-12-13-20)25-10-2-3-11-26(25)30/h4-11,14-17,23,30,33H,12-13,18-19,32H2,1-3H3,(H,34,37);3-12,15-17,21,29,32H,13-14,18-19,31H2,1-2H3,(H,33,36);3-10,13-17,22,29,32H,11-12,18-19,31H2,1-2H3,(H,33,36);2-11,14-16,20,28,32H,12-13,17-18,31H2,1H3,(H,33,36). The minimum atomic E-state index is -3.44. The van der Waals surface area contributed by atoms with Crippen LogP contribution in [-0.2, 0) is 36.0 Å². The number of nitrogens with two attached hydrogens (primary N) is 4. The SMILES string of the molecule is Cc1cc(C(=O)Nc2cccc(C(NCC3CC3)c3ccccc3Cl)c2)n(-c2cccc(CN)c2)n1.Cc1cc(C(=O)Nc2cccc(C(NCC3CC3)c3ccccc3S(C)(=O)=O)c2)n(-c2cccc(CN)c2)n1.Cc1ccc(C(NCC2CC2)c2cccc(NC(=O)c3cc(C)nn3-c3cccc(CN)c3)c2)cc1.Cc1ccc(C)c(C(NCC2CC2)c2cccc(NC(=O)c3cc(C)nn3-c3cccc(CN)c3)c2)c1. The summed E-state index contributed by atoms with van der Waals surface area (Å²) in [5, 5.41) is 46.0. The van der Waals surface area contributed by atoms with Crippen molar-refractivity contribution in [1.29, 1.82) is 0 Å². The summed E-state index contributed by atoms with van der Waals surface area (Å²) in [6, 6.07) is 99.8. The van der Waals surface area contributed by atoms with Crippen molar-refractivity contribution in [2.45, 2.75) is 155 Å². The quantitative estimate of drug-likeness (QED) is 0.0172. The van der Waals surface area contributed by atoms with E-state index in [9.17, 15) is 27.6 Å². The number of aryl methyl sites for hydroxylation is 7. The molecule has 16 aromatic rings. The summed E-state index contributed by atoms with van der Waals surface area (Å²) in [6.07, 6.45) is 11.3. The Balaban J connectivity index is 0.000000135. The third-order valence-electron chi connectivity index (χ3n) is 27.0. The molecule has 4 aliphatic rings. The van der Waals surface area contributed by atoms with E-state index in [-0.39, 0.29) is 47.8 Å². The lowest BCUT2D eigenvalue weighted by Gasteiger charge is -2.23. The fourth-order valence-corrected chi connectivity index (χ4v) is 19.5. The predicted octanol–water partition coefficient (Wildman–Crippen LogP) is 20.9. The van der Waals surface area contributed by atoms with Crippen molar-refractivity contribution < 1.29 is 27.6 Å². The molecule has 148 heavy (non-hydrogen) atoms. The summed E-state index contributed by atoms with van der Waals surface area (Å²) in [5.74, 6) is 1.91. The molecule has 0 saturated heterocycles. The highest BCUT2D eigenvalue weighted by Crippen LogP contribution is 2.39. The molecule has 4 atom stereocenters. The van der Waals surface area contributed by atoms with Crippen molar-refractivity contribution in [2.75, 3.05) is 53.7 Å². The third-order valence-corrected chi connectivity index (χ3v) is 28.5. The number of rotatable bonds is 37. The van der Waals surface area contributed by atoms with Gasteiger partial charge in [0.2, 0.25) is 0 Å². The Morgan fingerprint density at radius 3 is 0.926 bits per heavy atom. The highest BCUT2D eigenvalue weighted by molar-refractivity contribution is 7.90. The highest BCUT2D eigenvalue weighted by Gasteiger charge is 2.32. The number of sulfone groups is 1. The molecule has 4 amide bonds. The Bertz CT molecular complexity index is 7520. The minimum absolute atomic E-state index is 0.0594. The molecule has 12 aromatic carbocycles. The van der Waals surface area contributed by atoms with Crippen LogP contribution in [0.3, 0.4) is 0 Å². The van der Waals surface area contributed by atoms with E-state index in [1.807, 2.05) is 228 Å². The van der Waals surface area contributed by atoms with Crippen LogP contribution < -0.4 is 65.5 Å². The van der Waals surface area contributed by atoms with Crippen molar-refractivity contribution in [3.63, 3.8) is 0 Å². The molecule has 0 radical (unpaired) electrons. The Morgan fingerprint density at radius 1 is 0.311 bits per heavy atom. The van der Waals surface area contributed by atoms with Crippen molar-refractivity contribution in [1.82, 2.24) is 60.4 Å². The summed E-state index contributed by atoms with van der Waals surface area (Å²) in [7, 11) is -3.44. The predicted molar refractivity (Wildman–Crippen MR) is 591 cm³/mol. The lowest BCUT2D eigenvalue weighted by atomic mass is 9.93. The number of hydrogen-bond donors (Lipinski definition) is 12. The molecule has 4 unspecified atom stereocenters. The number of halogens is 1. The maximum absolute atomic E-state index is 13.4. The number of benzene rings is 12. The van der Waals surface area contributed by atoms with Crippen LogP contribution in [-0.4, -0.2) is 104 Å². The summed E-state index contributed by atoms with van der Waals surface area (Å²) in [5.41, 5.74) is 50.1. The van der Waals surface area contributed by atoms with Crippen molar-refractivity contribution >= 4 is 67.8 Å². The van der Waals surface area contributed by atoms with Gasteiger partial charge in [0.1, 0.15) is 22.8 Å². The smallest absolute Gasteiger partial charge is 0.274 e. The van der Waals surface area contributed by atoms with Crippen LogP contribution in [0.25, 0.3) is 22.7 Å². The van der Waals surface area contributed by atoms with E-state index in [0.29, 0.717) is 82.4 Å². The van der Waals surface area contributed by atoms with Gasteiger partial charge in [0, 0.05) is 60.2 Å². The fourth-order valence-electron chi connectivity index (χ4n) is 18.3. The van der Waals surface area contributed by atoms with E-state index in [2.05, 4.69) is 163 Å². The van der Waals surface area contributed by atoms with Gasteiger partial charge in [0.25, 0.3) is 23.6 Å².